The molecule has 0 aliphatic carbocycles. The molecule has 1 aromatic heterocycles. The minimum Gasteiger partial charge on any atom is -0.350 e. The van der Waals surface area contributed by atoms with Crippen molar-refractivity contribution in [3.8, 4) is 0 Å². The summed E-state index contributed by atoms with van der Waals surface area (Å²) < 4.78 is 2.08. The van der Waals surface area contributed by atoms with Crippen LogP contribution in [0.4, 0.5) is 5.69 Å². The molecule has 0 spiro atoms. The van der Waals surface area contributed by atoms with Crippen molar-refractivity contribution < 1.29 is 9.59 Å². The molecule has 1 aromatic carbocycles. The minimum atomic E-state index is -0.601. The quantitative estimate of drug-likeness (QED) is 0.359. The van der Waals surface area contributed by atoms with Gasteiger partial charge in [0.15, 0.2) is 9.45 Å². The van der Waals surface area contributed by atoms with E-state index in [0.717, 1.165) is 26.1 Å². The molecule has 0 radical (unpaired) electrons. The maximum absolute atomic E-state index is 12.3. The van der Waals surface area contributed by atoms with Gasteiger partial charge in [0.1, 0.15) is 6.04 Å². The summed E-state index contributed by atoms with van der Waals surface area (Å²) in [5, 5.41) is 6.73. The lowest BCUT2D eigenvalue weighted by Gasteiger charge is -2.09. The number of thioether (sulfide) groups is 2. The van der Waals surface area contributed by atoms with Crippen molar-refractivity contribution in [2.75, 3.05) is 23.9 Å². The third kappa shape index (κ3) is 5.37. The van der Waals surface area contributed by atoms with E-state index in [4.69, 9.17) is 12.2 Å². The van der Waals surface area contributed by atoms with Crippen molar-refractivity contribution in [1.82, 2.24) is 15.2 Å². The van der Waals surface area contributed by atoms with Crippen LogP contribution in [0.5, 0.6) is 0 Å². The molecule has 2 amide bonds. The number of nitrogens with zero attached hydrogens (tertiary/aromatic N) is 2. The molecule has 3 rings (SSSR count). The summed E-state index contributed by atoms with van der Waals surface area (Å²) in [6, 6.07) is 5.08. The number of rotatable bonds is 8. The Kier molecular flexibility index (Phi) is 7.19. The van der Waals surface area contributed by atoms with Gasteiger partial charge >= 0.3 is 0 Å². The van der Waals surface area contributed by atoms with Crippen molar-refractivity contribution in [3.63, 3.8) is 0 Å². The molecule has 28 heavy (non-hydrogen) atoms. The SMILES string of the molecule is CC(C)SCCSc1nc2ccc(NC(=O)CC3NC(=S)N(C)C3=O)cc2s1. The number of carbonyl (C=O) groups excluding carboxylic acids is 2. The second-order valence-corrected chi connectivity index (χ2v) is 11.0. The highest BCUT2D eigenvalue weighted by Crippen LogP contribution is 2.32. The third-order valence-electron chi connectivity index (χ3n) is 4.03. The largest absolute Gasteiger partial charge is 0.350 e. The highest BCUT2D eigenvalue weighted by atomic mass is 32.2. The summed E-state index contributed by atoms with van der Waals surface area (Å²) in [5.41, 5.74) is 1.64. The van der Waals surface area contributed by atoms with Gasteiger partial charge in [-0.2, -0.15) is 11.8 Å². The number of hydrogen-bond donors (Lipinski definition) is 2. The van der Waals surface area contributed by atoms with Gasteiger partial charge in [-0.1, -0.05) is 25.6 Å². The van der Waals surface area contributed by atoms with Crippen LogP contribution in [-0.4, -0.2) is 56.7 Å². The van der Waals surface area contributed by atoms with Crippen LogP contribution < -0.4 is 10.6 Å². The number of carbonyl (C=O) groups is 2. The van der Waals surface area contributed by atoms with Crippen LogP contribution in [-0.2, 0) is 9.59 Å². The van der Waals surface area contributed by atoms with E-state index in [0.29, 0.717) is 16.0 Å². The molecule has 1 aliphatic rings. The first-order chi connectivity index (χ1) is 13.3. The molecule has 10 heteroatoms. The number of thiocarbonyl (C=S) groups is 1. The lowest BCUT2D eigenvalue weighted by molar-refractivity contribution is -0.128. The lowest BCUT2D eigenvalue weighted by Crippen LogP contribution is -2.33. The molecule has 1 saturated heterocycles. The number of nitrogens with one attached hydrogen (secondary N) is 2. The average molecular weight is 455 g/mol. The number of thiazole rings is 1. The molecule has 2 heterocycles. The van der Waals surface area contributed by atoms with Crippen LogP contribution in [0.1, 0.15) is 20.3 Å². The molecular formula is C18H22N4O2S4. The summed E-state index contributed by atoms with van der Waals surface area (Å²) in [4.78, 5) is 30.3. The summed E-state index contributed by atoms with van der Waals surface area (Å²) in [5.74, 6) is 1.72. The molecule has 150 valence electrons. The zero-order valence-corrected chi connectivity index (χ0v) is 19.1. The fourth-order valence-electron chi connectivity index (χ4n) is 2.63. The smallest absolute Gasteiger partial charge is 0.251 e. The van der Waals surface area contributed by atoms with E-state index < -0.39 is 6.04 Å². The van der Waals surface area contributed by atoms with E-state index in [2.05, 4.69) is 29.5 Å². The molecule has 6 nitrogen and oxygen atoms in total. The zero-order chi connectivity index (χ0) is 20.3. The number of amides is 2. The van der Waals surface area contributed by atoms with Gasteiger partial charge in [0, 0.05) is 24.2 Å². The van der Waals surface area contributed by atoms with Gasteiger partial charge in [-0.25, -0.2) is 4.98 Å². The van der Waals surface area contributed by atoms with Crippen molar-refractivity contribution in [2.24, 2.45) is 0 Å². The predicted molar refractivity (Wildman–Crippen MR) is 123 cm³/mol. The molecule has 0 bridgehead atoms. The van der Waals surface area contributed by atoms with Gasteiger partial charge < -0.3 is 10.6 Å². The van der Waals surface area contributed by atoms with E-state index in [1.807, 2.05) is 30.0 Å². The summed E-state index contributed by atoms with van der Waals surface area (Å²) in [6.07, 6.45) is 0.0403. The molecule has 2 aromatic rings. The van der Waals surface area contributed by atoms with Crippen LogP contribution in [0, 0.1) is 0 Å². The molecule has 2 N–H and O–H groups in total. The first-order valence-electron chi connectivity index (χ1n) is 8.86. The molecule has 1 atom stereocenters. The van der Waals surface area contributed by atoms with Gasteiger partial charge in [-0.05, 0) is 35.7 Å². The van der Waals surface area contributed by atoms with Crippen molar-refractivity contribution in [2.45, 2.75) is 35.9 Å². The van der Waals surface area contributed by atoms with Crippen molar-refractivity contribution in [1.29, 1.82) is 0 Å². The summed E-state index contributed by atoms with van der Waals surface area (Å²) in [6.45, 7) is 4.40. The summed E-state index contributed by atoms with van der Waals surface area (Å²) >= 11 is 10.4. The number of benzene rings is 1. The molecule has 1 aliphatic heterocycles. The number of hydrogen-bond acceptors (Lipinski definition) is 7. The number of anilines is 1. The Morgan fingerprint density at radius 3 is 2.89 bits per heavy atom. The second-order valence-electron chi connectivity index (χ2n) is 6.58. The number of fused-ring (bicyclic) bond motifs is 1. The molecule has 1 fully saturated rings. The Labute approximate surface area is 182 Å². The Bertz CT molecular complexity index is 899. The van der Waals surface area contributed by atoms with Crippen molar-refractivity contribution in [3.05, 3.63) is 18.2 Å². The van der Waals surface area contributed by atoms with Crippen LogP contribution in [0.3, 0.4) is 0 Å². The zero-order valence-electron chi connectivity index (χ0n) is 15.9. The standard InChI is InChI=1S/C18H22N4O2S4/c1-10(2)26-6-7-27-18-21-12-5-4-11(8-14(12)28-18)19-15(23)9-13-16(24)22(3)17(25)20-13/h4-5,8,10,13H,6-7,9H2,1-3H3,(H,19,23)(H,20,25). The van der Waals surface area contributed by atoms with E-state index in [1.54, 1.807) is 30.1 Å². The third-order valence-corrected chi connectivity index (χ3v) is 7.95. The van der Waals surface area contributed by atoms with Gasteiger partial charge in [-0.15, -0.1) is 11.3 Å². The lowest BCUT2D eigenvalue weighted by atomic mass is 10.2. The molecular weight excluding hydrogens is 432 g/mol. The highest BCUT2D eigenvalue weighted by molar-refractivity contribution is 8.04. The van der Waals surface area contributed by atoms with Crippen LogP contribution in [0.2, 0.25) is 0 Å². The Hall–Kier alpha value is -1.36. The predicted octanol–water partition coefficient (Wildman–Crippen LogP) is 3.57. The van der Waals surface area contributed by atoms with E-state index in [9.17, 15) is 9.59 Å². The Morgan fingerprint density at radius 2 is 2.21 bits per heavy atom. The second kappa shape index (κ2) is 9.43. The van der Waals surface area contributed by atoms with Gasteiger partial charge in [-0.3, -0.25) is 14.5 Å². The first-order valence-corrected chi connectivity index (χ1v) is 12.1. The highest BCUT2D eigenvalue weighted by Gasteiger charge is 2.34. The maximum atomic E-state index is 12.3. The van der Waals surface area contributed by atoms with Crippen molar-refractivity contribution >= 4 is 79.9 Å². The number of likely N-dealkylation sites (N-methyl/N-ethyl adjacent to an activating group) is 1. The maximum Gasteiger partial charge on any atom is 0.251 e. The molecule has 0 saturated carbocycles. The van der Waals surface area contributed by atoms with E-state index >= 15 is 0 Å². The van der Waals surface area contributed by atoms with Crippen LogP contribution >= 0.6 is 47.1 Å². The van der Waals surface area contributed by atoms with E-state index in [1.165, 1.54) is 4.90 Å². The van der Waals surface area contributed by atoms with Gasteiger partial charge in [0.2, 0.25) is 5.91 Å². The minimum absolute atomic E-state index is 0.0403. The fourth-order valence-corrected chi connectivity index (χ4v) is 5.88. The van der Waals surface area contributed by atoms with Gasteiger partial charge in [0.25, 0.3) is 5.91 Å². The van der Waals surface area contributed by atoms with Gasteiger partial charge in [0.05, 0.1) is 16.6 Å². The first kappa shape index (κ1) is 21.4. The van der Waals surface area contributed by atoms with E-state index in [-0.39, 0.29) is 18.2 Å². The normalized spacial score (nSPS) is 16.9. The fraction of sp³-hybridized carbons (Fsp3) is 0.444. The van der Waals surface area contributed by atoms with Crippen LogP contribution in [0.15, 0.2) is 22.5 Å². The Balaban J connectivity index is 1.57. The van der Waals surface area contributed by atoms with Crippen LogP contribution in [0.25, 0.3) is 10.2 Å². The topological polar surface area (TPSA) is 74.3 Å². The summed E-state index contributed by atoms with van der Waals surface area (Å²) in [7, 11) is 1.60. The Morgan fingerprint density at radius 1 is 1.43 bits per heavy atom. The monoisotopic (exact) mass is 454 g/mol. The number of aromatic nitrogens is 1. The molecule has 1 unspecified atom stereocenters. The average Bonchev–Trinajstić information content (AvgIpc) is 3.14.